The molecule has 0 radical (unpaired) electrons. The predicted octanol–water partition coefficient (Wildman–Crippen LogP) is 1.14. The molecule has 2 aromatic rings. The zero-order valence-electron chi connectivity index (χ0n) is 10.7. The molecule has 1 aromatic heterocycles. The predicted molar refractivity (Wildman–Crippen MR) is 70.2 cm³/mol. The summed E-state index contributed by atoms with van der Waals surface area (Å²) in [6, 6.07) is 7.15. The van der Waals surface area contributed by atoms with E-state index in [2.05, 4.69) is 20.8 Å². The fourth-order valence-corrected chi connectivity index (χ4v) is 1.85. The molecule has 20 heavy (non-hydrogen) atoms. The Morgan fingerprint density at radius 1 is 1.20 bits per heavy atom. The second-order valence-electron chi connectivity index (χ2n) is 4.31. The van der Waals surface area contributed by atoms with Gasteiger partial charge in [0.15, 0.2) is 11.5 Å². The van der Waals surface area contributed by atoms with Crippen LogP contribution < -0.4 is 20.1 Å². The zero-order valence-corrected chi connectivity index (χ0v) is 10.7. The number of fused-ring (bicyclic) bond motifs is 1. The van der Waals surface area contributed by atoms with Crippen molar-refractivity contribution in [2.75, 3.05) is 6.79 Å². The lowest BCUT2D eigenvalue weighted by molar-refractivity contribution is 0.174. The third kappa shape index (κ3) is 2.82. The first-order valence-electron chi connectivity index (χ1n) is 6.20. The molecule has 0 spiro atoms. The molecule has 0 fully saturated rings. The molecule has 0 bridgehead atoms. The number of amides is 2. The molecule has 3 N–H and O–H groups in total. The van der Waals surface area contributed by atoms with Gasteiger partial charge in [0.2, 0.25) is 6.79 Å². The number of hydrogen-bond acceptors (Lipinski definition) is 4. The highest BCUT2D eigenvalue weighted by molar-refractivity contribution is 5.73. The number of nitrogens with one attached hydrogen (secondary N) is 3. The number of rotatable bonds is 4. The number of hydrogen-bond donors (Lipinski definition) is 3. The van der Waals surface area contributed by atoms with E-state index >= 15 is 0 Å². The Balaban J connectivity index is 1.48. The summed E-state index contributed by atoms with van der Waals surface area (Å²) in [4.78, 5) is 11.6. The van der Waals surface area contributed by atoms with Crippen LogP contribution in [-0.2, 0) is 13.1 Å². The van der Waals surface area contributed by atoms with Gasteiger partial charge in [-0.15, -0.1) is 0 Å². The largest absolute Gasteiger partial charge is 0.454 e. The van der Waals surface area contributed by atoms with Crippen LogP contribution in [0.5, 0.6) is 11.5 Å². The van der Waals surface area contributed by atoms with Crippen LogP contribution in [0.4, 0.5) is 4.79 Å². The van der Waals surface area contributed by atoms with Gasteiger partial charge >= 0.3 is 6.03 Å². The van der Waals surface area contributed by atoms with Crippen molar-refractivity contribution >= 4 is 6.03 Å². The number of nitrogens with zero attached hydrogens (tertiary/aromatic N) is 1. The average Bonchev–Trinajstić information content (AvgIpc) is 3.13. The molecule has 1 aliphatic rings. The van der Waals surface area contributed by atoms with Crippen molar-refractivity contribution < 1.29 is 14.3 Å². The molecular formula is C13H14N4O3. The number of H-pyrrole nitrogens is 1. The SMILES string of the molecule is O=C(NCc1ccc2c(c1)OCO2)NCc1ccn[nH]1. The topological polar surface area (TPSA) is 88.3 Å². The molecular weight excluding hydrogens is 260 g/mol. The quantitative estimate of drug-likeness (QED) is 0.780. The van der Waals surface area contributed by atoms with Crippen LogP contribution in [0.15, 0.2) is 30.5 Å². The van der Waals surface area contributed by atoms with Crippen molar-refractivity contribution in [2.24, 2.45) is 0 Å². The maximum atomic E-state index is 11.6. The van der Waals surface area contributed by atoms with Gasteiger partial charge in [0.05, 0.1) is 12.2 Å². The Kier molecular flexibility index (Phi) is 3.40. The van der Waals surface area contributed by atoms with Crippen molar-refractivity contribution in [3.8, 4) is 11.5 Å². The molecule has 0 atom stereocenters. The molecule has 2 heterocycles. The third-order valence-electron chi connectivity index (χ3n) is 2.89. The van der Waals surface area contributed by atoms with E-state index < -0.39 is 0 Å². The maximum absolute atomic E-state index is 11.6. The fourth-order valence-electron chi connectivity index (χ4n) is 1.85. The van der Waals surface area contributed by atoms with Crippen LogP contribution >= 0.6 is 0 Å². The van der Waals surface area contributed by atoms with Gasteiger partial charge in [0.1, 0.15) is 0 Å². The molecule has 1 aliphatic heterocycles. The molecule has 104 valence electrons. The number of benzene rings is 1. The Morgan fingerprint density at radius 2 is 2.05 bits per heavy atom. The zero-order chi connectivity index (χ0) is 13.8. The normalized spacial score (nSPS) is 12.2. The summed E-state index contributed by atoms with van der Waals surface area (Å²) in [5.41, 5.74) is 1.80. The van der Waals surface area contributed by atoms with Crippen LogP contribution in [0.2, 0.25) is 0 Å². The van der Waals surface area contributed by atoms with Crippen LogP contribution in [0.3, 0.4) is 0 Å². The summed E-state index contributed by atoms with van der Waals surface area (Å²) in [6.07, 6.45) is 1.64. The van der Waals surface area contributed by atoms with E-state index in [1.165, 1.54) is 0 Å². The minimum absolute atomic E-state index is 0.239. The molecule has 0 aliphatic carbocycles. The first-order chi connectivity index (χ1) is 9.81. The van der Waals surface area contributed by atoms with E-state index in [1.807, 2.05) is 18.2 Å². The first kappa shape index (κ1) is 12.3. The summed E-state index contributed by atoms with van der Waals surface area (Å²) in [5.74, 6) is 1.44. The van der Waals surface area contributed by atoms with Crippen molar-refractivity contribution in [2.45, 2.75) is 13.1 Å². The highest BCUT2D eigenvalue weighted by Gasteiger charge is 2.13. The van der Waals surface area contributed by atoms with E-state index in [-0.39, 0.29) is 12.8 Å². The lowest BCUT2D eigenvalue weighted by atomic mass is 10.2. The summed E-state index contributed by atoms with van der Waals surface area (Å²) in [6.45, 7) is 1.08. The van der Waals surface area contributed by atoms with Gasteiger partial charge in [0, 0.05) is 12.7 Å². The molecule has 3 rings (SSSR count). The third-order valence-corrected chi connectivity index (χ3v) is 2.89. The second kappa shape index (κ2) is 5.52. The molecule has 0 unspecified atom stereocenters. The summed E-state index contributed by atoms with van der Waals surface area (Å²) in [7, 11) is 0. The smallest absolute Gasteiger partial charge is 0.315 e. The van der Waals surface area contributed by atoms with Crippen LogP contribution in [0.1, 0.15) is 11.3 Å². The monoisotopic (exact) mass is 274 g/mol. The van der Waals surface area contributed by atoms with Crippen molar-refractivity contribution in [1.82, 2.24) is 20.8 Å². The summed E-state index contributed by atoms with van der Waals surface area (Å²) >= 11 is 0. The van der Waals surface area contributed by atoms with E-state index in [9.17, 15) is 4.79 Å². The molecule has 7 heteroatoms. The Hall–Kier alpha value is -2.70. The van der Waals surface area contributed by atoms with Crippen LogP contribution in [0, 0.1) is 0 Å². The average molecular weight is 274 g/mol. The minimum atomic E-state index is -0.239. The second-order valence-corrected chi connectivity index (χ2v) is 4.31. The molecule has 2 amide bonds. The molecule has 0 saturated heterocycles. The molecule has 0 saturated carbocycles. The highest BCUT2D eigenvalue weighted by Crippen LogP contribution is 2.32. The molecule has 1 aromatic carbocycles. The van der Waals surface area contributed by atoms with Crippen LogP contribution in [0.25, 0.3) is 0 Å². The Labute approximate surface area is 115 Å². The van der Waals surface area contributed by atoms with Gasteiger partial charge < -0.3 is 20.1 Å². The lowest BCUT2D eigenvalue weighted by Crippen LogP contribution is -2.34. The first-order valence-corrected chi connectivity index (χ1v) is 6.20. The van der Waals surface area contributed by atoms with Gasteiger partial charge in [-0.25, -0.2) is 4.79 Å². The summed E-state index contributed by atoms with van der Waals surface area (Å²) in [5, 5.41) is 12.1. The van der Waals surface area contributed by atoms with Gasteiger partial charge in [-0.3, -0.25) is 5.10 Å². The van der Waals surface area contributed by atoms with E-state index in [1.54, 1.807) is 12.3 Å². The van der Waals surface area contributed by atoms with Gasteiger partial charge in [-0.2, -0.15) is 5.10 Å². The number of urea groups is 1. The van der Waals surface area contributed by atoms with Crippen molar-refractivity contribution in [1.29, 1.82) is 0 Å². The van der Waals surface area contributed by atoms with E-state index in [0.29, 0.717) is 18.8 Å². The lowest BCUT2D eigenvalue weighted by Gasteiger charge is -2.07. The Morgan fingerprint density at radius 3 is 2.90 bits per heavy atom. The van der Waals surface area contributed by atoms with Gasteiger partial charge in [-0.1, -0.05) is 6.07 Å². The van der Waals surface area contributed by atoms with Gasteiger partial charge in [0.25, 0.3) is 0 Å². The number of carbonyl (C=O) groups is 1. The highest BCUT2D eigenvalue weighted by atomic mass is 16.7. The Bertz CT molecular complexity index is 598. The van der Waals surface area contributed by atoms with Gasteiger partial charge in [-0.05, 0) is 23.8 Å². The number of aromatic nitrogens is 2. The molecule has 7 nitrogen and oxygen atoms in total. The fraction of sp³-hybridized carbons (Fsp3) is 0.231. The maximum Gasteiger partial charge on any atom is 0.315 e. The van der Waals surface area contributed by atoms with Crippen molar-refractivity contribution in [3.63, 3.8) is 0 Å². The number of carbonyl (C=O) groups excluding carboxylic acids is 1. The van der Waals surface area contributed by atoms with Crippen molar-refractivity contribution in [3.05, 3.63) is 41.7 Å². The minimum Gasteiger partial charge on any atom is -0.454 e. The summed E-state index contributed by atoms with van der Waals surface area (Å²) < 4.78 is 10.5. The number of aromatic amines is 1. The standard InChI is InChI=1S/C13H14N4O3/c18-13(15-7-10-3-4-16-17-10)14-6-9-1-2-11-12(5-9)20-8-19-11/h1-5H,6-8H2,(H,16,17)(H2,14,15,18). The van der Waals surface area contributed by atoms with Crippen LogP contribution in [-0.4, -0.2) is 23.0 Å². The van der Waals surface area contributed by atoms with E-state index in [0.717, 1.165) is 17.0 Å². The van der Waals surface area contributed by atoms with E-state index in [4.69, 9.17) is 9.47 Å². The number of ether oxygens (including phenoxy) is 2.